The molecule has 0 aromatic carbocycles. The summed E-state index contributed by atoms with van der Waals surface area (Å²) in [6, 6.07) is 0.664. The largest absolute Gasteiger partial charge is 0.380 e. The Bertz CT molecular complexity index is 246. The zero-order chi connectivity index (χ0) is 11.6. The van der Waals surface area contributed by atoms with Crippen LogP contribution in [0.25, 0.3) is 0 Å². The first-order valence-corrected chi connectivity index (χ1v) is 6.45. The molecule has 2 unspecified atom stereocenters. The second kappa shape index (κ2) is 4.84. The van der Waals surface area contributed by atoms with E-state index >= 15 is 0 Å². The van der Waals surface area contributed by atoms with Gasteiger partial charge < -0.3 is 9.53 Å². The van der Waals surface area contributed by atoms with Crippen molar-refractivity contribution in [2.45, 2.75) is 39.2 Å². The zero-order valence-corrected chi connectivity index (χ0v) is 10.4. The molecular formula is C13H23NO2. The molecule has 2 atom stereocenters. The van der Waals surface area contributed by atoms with Gasteiger partial charge in [0, 0.05) is 19.2 Å². The SMILES string of the molecule is CC(C)C1CCCN1CC1(C=O)CCOC1. The fraction of sp³-hybridized carbons (Fsp3) is 0.923. The minimum atomic E-state index is -0.211. The van der Waals surface area contributed by atoms with Crippen molar-refractivity contribution in [2.75, 3.05) is 26.3 Å². The van der Waals surface area contributed by atoms with Gasteiger partial charge in [0.1, 0.15) is 6.29 Å². The molecule has 2 heterocycles. The van der Waals surface area contributed by atoms with Crippen molar-refractivity contribution >= 4 is 6.29 Å². The van der Waals surface area contributed by atoms with Crippen LogP contribution in [0.5, 0.6) is 0 Å². The van der Waals surface area contributed by atoms with Crippen LogP contribution >= 0.6 is 0 Å². The van der Waals surface area contributed by atoms with Gasteiger partial charge in [-0.1, -0.05) is 13.8 Å². The summed E-state index contributed by atoms with van der Waals surface area (Å²) < 4.78 is 5.40. The van der Waals surface area contributed by atoms with Crippen molar-refractivity contribution < 1.29 is 9.53 Å². The van der Waals surface area contributed by atoms with E-state index in [0.717, 1.165) is 32.4 Å². The van der Waals surface area contributed by atoms with Crippen molar-refractivity contribution in [3.8, 4) is 0 Å². The third-order valence-corrected chi connectivity index (χ3v) is 4.09. The predicted octanol–water partition coefficient (Wildman–Crippen LogP) is 1.71. The van der Waals surface area contributed by atoms with E-state index in [-0.39, 0.29) is 5.41 Å². The van der Waals surface area contributed by atoms with Crippen LogP contribution < -0.4 is 0 Å². The molecule has 2 aliphatic heterocycles. The summed E-state index contributed by atoms with van der Waals surface area (Å²) in [7, 11) is 0. The molecule has 0 bridgehead atoms. The predicted molar refractivity (Wildman–Crippen MR) is 63.4 cm³/mol. The van der Waals surface area contributed by atoms with E-state index in [9.17, 15) is 4.79 Å². The molecule has 0 N–H and O–H groups in total. The van der Waals surface area contributed by atoms with Crippen LogP contribution in [0.15, 0.2) is 0 Å². The van der Waals surface area contributed by atoms with Crippen molar-refractivity contribution in [3.63, 3.8) is 0 Å². The molecule has 92 valence electrons. The number of carbonyl (C=O) groups excluding carboxylic acids is 1. The molecule has 2 aliphatic rings. The van der Waals surface area contributed by atoms with Crippen molar-refractivity contribution in [3.05, 3.63) is 0 Å². The lowest BCUT2D eigenvalue weighted by Crippen LogP contribution is -2.43. The first-order chi connectivity index (χ1) is 7.67. The van der Waals surface area contributed by atoms with Crippen LogP contribution in [0.2, 0.25) is 0 Å². The van der Waals surface area contributed by atoms with Gasteiger partial charge in [-0.05, 0) is 31.7 Å². The van der Waals surface area contributed by atoms with Gasteiger partial charge in [0.15, 0.2) is 0 Å². The summed E-state index contributed by atoms with van der Waals surface area (Å²) in [5.41, 5.74) is -0.211. The third-order valence-electron chi connectivity index (χ3n) is 4.09. The van der Waals surface area contributed by atoms with Gasteiger partial charge in [-0.2, -0.15) is 0 Å². The lowest BCUT2D eigenvalue weighted by Gasteiger charge is -2.33. The highest BCUT2D eigenvalue weighted by molar-refractivity contribution is 5.60. The quantitative estimate of drug-likeness (QED) is 0.682. The van der Waals surface area contributed by atoms with Gasteiger partial charge in [-0.25, -0.2) is 0 Å². The first-order valence-electron chi connectivity index (χ1n) is 6.45. The first kappa shape index (κ1) is 12.1. The fourth-order valence-electron chi connectivity index (χ4n) is 3.09. The van der Waals surface area contributed by atoms with E-state index in [2.05, 4.69) is 18.7 Å². The Morgan fingerprint density at radius 2 is 2.38 bits per heavy atom. The number of hydrogen-bond donors (Lipinski definition) is 0. The third kappa shape index (κ3) is 2.30. The topological polar surface area (TPSA) is 29.5 Å². The number of nitrogens with zero attached hydrogens (tertiary/aromatic N) is 1. The Labute approximate surface area is 98.1 Å². The Balaban J connectivity index is 1.99. The number of ether oxygens (including phenoxy) is 1. The molecule has 2 saturated heterocycles. The van der Waals surface area contributed by atoms with Crippen LogP contribution in [-0.4, -0.2) is 43.5 Å². The van der Waals surface area contributed by atoms with Gasteiger partial charge >= 0.3 is 0 Å². The summed E-state index contributed by atoms with van der Waals surface area (Å²) in [6.45, 7) is 7.98. The van der Waals surface area contributed by atoms with E-state index in [4.69, 9.17) is 4.74 Å². The summed E-state index contributed by atoms with van der Waals surface area (Å²) in [5.74, 6) is 0.688. The van der Waals surface area contributed by atoms with E-state index in [1.807, 2.05) is 0 Å². The molecule has 0 amide bonds. The van der Waals surface area contributed by atoms with Gasteiger partial charge in [0.05, 0.1) is 12.0 Å². The lowest BCUT2D eigenvalue weighted by atomic mass is 9.87. The van der Waals surface area contributed by atoms with Gasteiger partial charge in [-0.15, -0.1) is 0 Å². The molecule has 0 saturated carbocycles. The summed E-state index contributed by atoms with van der Waals surface area (Å²) in [5, 5.41) is 0. The van der Waals surface area contributed by atoms with Crippen LogP contribution in [-0.2, 0) is 9.53 Å². The Hall–Kier alpha value is -0.410. The Morgan fingerprint density at radius 1 is 1.56 bits per heavy atom. The zero-order valence-electron chi connectivity index (χ0n) is 10.4. The molecule has 0 radical (unpaired) electrons. The van der Waals surface area contributed by atoms with E-state index in [0.29, 0.717) is 18.6 Å². The molecule has 0 aromatic heterocycles. The summed E-state index contributed by atoms with van der Waals surface area (Å²) >= 11 is 0. The smallest absolute Gasteiger partial charge is 0.129 e. The molecule has 0 spiro atoms. The summed E-state index contributed by atoms with van der Waals surface area (Å²) in [4.78, 5) is 13.8. The maximum atomic E-state index is 11.3. The van der Waals surface area contributed by atoms with Crippen LogP contribution in [0.4, 0.5) is 0 Å². The monoisotopic (exact) mass is 225 g/mol. The van der Waals surface area contributed by atoms with Crippen LogP contribution in [0.3, 0.4) is 0 Å². The van der Waals surface area contributed by atoms with E-state index < -0.39 is 0 Å². The van der Waals surface area contributed by atoms with Crippen molar-refractivity contribution in [2.24, 2.45) is 11.3 Å². The average Bonchev–Trinajstić information content (AvgIpc) is 2.88. The van der Waals surface area contributed by atoms with Gasteiger partial charge in [0.25, 0.3) is 0 Å². The molecule has 0 aliphatic carbocycles. The van der Waals surface area contributed by atoms with Gasteiger partial charge in [-0.3, -0.25) is 4.90 Å². The number of rotatable bonds is 4. The second-order valence-electron chi connectivity index (χ2n) is 5.71. The second-order valence-corrected chi connectivity index (χ2v) is 5.71. The van der Waals surface area contributed by atoms with Crippen LogP contribution in [0.1, 0.15) is 33.1 Å². The highest BCUT2D eigenvalue weighted by atomic mass is 16.5. The molecular weight excluding hydrogens is 202 g/mol. The van der Waals surface area contributed by atoms with E-state index in [1.54, 1.807) is 0 Å². The highest BCUT2D eigenvalue weighted by Gasteiger charge is 2.39. The number of likely N-dealkylation sites (tertiary alicyclic amines) is 1. The van der Waals surface area contributed by atoms with Crippen molar-refractivity contribution in [1.29, 1.82) is 0 Å². The molecule has 3 heteroatoms. The lowest BCUT2D eigenvalue weighted by molar-refractivity contribution is -0.117. The Kier molecular flexibility index (Phi) is 3.65. The molecule has 2 rings (SSSR count). The van der Waals surface area contributed by atoms with E-state index in [1.165, 1.54) is 12.8 Å². The number of aldehydes is 1. The highest BCUT2D eigenvalue weighted by Crippen LogP contribution is 2.32. The van der Waals surface area contributed by atoms with Gasteiger partial charge in [0.2, 0.25) is 0 Å². The van der Waals surface area contributed by atoms with Crippen molar-refractivity contribution in [1.82, 2.24) is 4.90 Å². The minimum absolute atomic E-state index is 0.211. The maximum Gasteiger partial charge on any atom is 0.129 e. The average molecular weight is 225 g/mol. The Morgan fingerprint density at radius 3 is 2.94 bits per heavy atom. The minimum Gasteiger partial charge on any atom is -0.380 e. The fourth-order valence-corrected chi connectivity index (χ4v) is 3.09. The molecule has 16 heavy (non-hydrogen) atoms. The number of hydrogen-bond acceptors (Lipinski definition) is 3. The maximum absolute atomic E-state index is 11.3. The standard InChI is InChI=1S/C13H23NO2/c1-11(2)12-4-3-6-14(12)8-13(9-15)5-7-16-10-13/h9,11-12H,3-8,10H2,1-2H3. The normalized spacial score (nSPS) is 36.1. The molecule has 2 fully saturated rings. The number of carbonyl (C=O) groups is 1. The molecule has 0 aromatic rings. The van der Waals surface area contributed by atoms with Crippen LogP contribution in [0, 0.1) is 11.3 Å². The summed E-state index contributed by atoms with van der Waals surface area (Å²) in [6.07, 6.45) is 4.60. The molecule has 3 nitrogen and oxygen atoms in total.